The number of carbonyl (C=O) groups is 2. The van der Waals surface area contributed by atoms with Gasteiger partial charge >= 0.3 is 0 Å². The average molecular weight is 248 g/mol. The van der Waals surface area contributed by atoms with Crippen LogP contribution in [0.5, 0.6) is 0 Å². The van der Waals surface area contributed by atoms with Gasteiger partial charge in [-0.05, 0) is 13.0 Å². The minimum atomic E-state index is -0.102. The van der Waals surface area contributed by atoms with Gasteiger partial charge in [0.25, 0.3) is 0 Å². The van der Waals surface area contributed by atoms with Gasteiger partial charge in [0.1, 0.15) is 4.83 Å². The highest BCUT2D eigenvalue weighted by Crippen LogP contribution is 2.35. The van der Waals surface area contributed by atoms with E-state index in [0.29, 0.717) is 10.4 Å². The average Bonchev–Trinajstić information content (AvgIpc) is 2.66. The number of aldehydes is 1. The molecule has 0 atom stereocenters. The molecular weight excluding hydrogens is 236 g/mol. The van der Waals surface area contributed by atoms with Crippen molar-refractivity contribution in [2.24, 2.45) is 0 Å². The third-order valence-electron chi connectivity index (χ3n) is 2.54. The zero-order valence-corrected chi connectivity index (χ0v) is 10.7. The van der Waals surface area contributed by atoms with Gasteiger partial charge in [-0.25, -0.2) is 4.98 Å². The Morgan fingerprint density at radius 1 is 1.47 bits per heavy atom. The minimum absolute atomic E-state index is 0.102. The maximum Gasteiger partial charge on any atom is 0.162 e. The van der Waals surface area contributed by atoms with Crippen molar-refractivity contribution in [1.82, 2.24) is 4.98 Å². The lowest BCUT2D eigenvalue weighted by atomic mass is 10.1. The fraction of sp³-hybridized carbons (Fsp3) is 0.250. The predicted molar refractivity (Wildman–Crippen MR) is 69.3 cm³/mol. The summed E-state index contributed by atoms with van der Waals surface area (Å²) in [6, 6.07) is 1.84. The number of nitrogens with zero attached hydrogens (tertiary/aromatic N) is 2. The summed E-state index contributed by atoms with van der Waals surface area (Å²) in [5.74, 6) is -0.102. The van der Waals surface area contributed by atoms with Crippen LogP contribution in [0.15, 0.2) is 12.3 Å². The summed E-state index contributed by atoms with van der Waals surface area (Å²) in [6.45, 7) is 1.47. The van der Waals surface area contributed by atoms with Crippen molar-refractivity contribution in [3.8, 4) is 0 Å². The molecule has 0 saturated carbocycles. The van der Waals surface area contributed by atoms with Crippen LogP contribution < -0.4 is 4.90 Å². The Hall–Kier alpha value is -1.75. The molecule has 5 heteroatoms. The van der Waals surface area contributed by atoms with Crippen LogP contribution in [0.2, 0.25) is 0 Å². The van der Waals surface area contributed by atoms with Crippen LogP contribution in [-0.4, -0.2) is 31.1 Å². The molecule has 2 rings (SSSR count). The molecule has 0 radical (unpaired) electrons. The Kier molecular flexibility index (Phi) is 2.93. The number of ketones is 1. The quantitative estimate of drug-likeness (QED) is 0.618. The lowest BCUT2D eigenvalue weighted by Gasteiger charge is -2.13. The zero-order valence-electron chi connectivity index (χ0n) is 9.85. The van der Waals surface area contributed by atoms with Gasteiger partial charge in [-0.1, -0.05) is 0 Å². The molecule has 0 N–H and O–H groups in total. The van der Waals surface area contributed by atoms with Crippen molar-refractivity contribution in [3.63, 3.8) is 0 Å². The summed E-state index contributed by atoms with van der Waals surface area (Å²) in [4.78, 5) is 30.0. The van der Waals surface area contributed by atoms with Crippen LogP contribution in [0.1, 0.15) is 27.0 Å². The van der Waals surface area contributed by atoms with Gasteiger partial charge < -0.3 is 4.90 Å². The van der Waals surface area contributed by atoms with Crippen molar-refractivity contribution >= 4 is 39.3 Å². The molecule has 0 unspecified atom stereocenters. The number of anilines is 1. The topological polar surface area (TPSA) is 50.3 Å². The maximum absolute atomic E-state index is 11.7. The van der Waals surface area contributed by atoms with E-state index in [1.165, 1.54) is 18.3 Å². The first kappa shape index (κ1) is 11.7. The number of thiophene rings is 1. The molecule has 0 spiro atoms. The highest BCUT2D eigenvalue weighted by Gasteiger charge is 2.19. The number of pyridine rings is 1. The molecule has 0 bridgehead atoms. The summed E-state index contributed by atoms with van der Waals surface area (Å²) in [6.07, 6.45) is 2.41. The summed E-state index contributed by atoms with van der Waals surface area (Å²) in [5, 5.41) is 0.775. The van der Waals surface area contributed by atoms with Gasteiger partial charge in [0.05, 0.1) is 10.4 Å². The second kappa shape index (κ2) is 4.25. The summed E-state index contributed by atoms with van der Waals surface area (Å²) in [7, 11) is 3.80. The van der Waals surface area contributed by atoms with Crippen molar-refractivity contribution in [3.05, 3.63) is 22.7 Å². The van der Waals surface area contributed by atoms with Crippen LogP contribution in [0.25, 0.3) is 10.2 Å². The van der Waals surface area contributed by atoms with E-state index < -0.39 is 0 Å². The standard InChI is InChI=1S/C12H12N2O2S/c1-7(16)10-9(6-15)17-12-11(10)8(14(2)3)4-5-13-12/h4-6H,1-3H3. The number of hydrogen-bond acceptors (Lipinski definition) is 5. The normalized spacial score (nSPS) is 10.5. The SMILES string of the molecule is CC(=O)c1c(C=O)sc2nccc(N(C)C)c12. The summed E-state index contributed by atoms with van der Waals surface area (Å²) < 4.78 is 0. The molecule has 0 amide bonds. The number of Topliss-reactive ketones (excluding diaryl/α,β-unsaturated/α-hetero) is 1. The highest BCUT2D eigenvalue weighted by atomic mass is 32.1. The molecule has 88 valence electrons. The van der Waals surface area contributed by atoms with Crippen molar-refractivity contribution in [2.75, 3.05) is 19.0 Å². The van der Waals surface area contributed by atoms with Gasteiger partial charge in [0.2, 0.25) is 0 Å². The van der Waals surface area contributed by atoms with E-state index in [9.17, 15) is 9.59 Å². The van der Waals surface area contributed by atoms with Gasteiger partial charge in [-0.2, -0.15) is 0 Å². The van der Waals surface area contributed by atoms with E-state index >= 15 is 0 Å². The zero-order chi connectivity index (χ0) is 12.6. The summed E-state index contributed by atoms with van der Waals surface area (Å²) >= 11 is 1.26. The molecule has 0 saturated heterocycles. The fourth-order valence-electron chi connectivity index (χ4n) is 1.83. The van der Waals surface area contributed by atoms with E-state index in [4.69, 9.17) is 0 Å². The fourth-order valence-corrected chi connectivity index (χ4v) is 2.86. The van der Waals surface area contributed by atoms with Gasteiger partial charge in [-0.15, -0.1) is 11.3 Å². The van der Waals surface area contributed by atoms with E-state index in [2.05, 4.69) is 4.98 Å². The Balaban J connectivity index is 2.91. The highest BCUT2D eigenvalue weighted by molar-refractivity contribution is 7.20. The molecule has 2 aromatic rings. The molecular formula is C12H12N2O2S. The number of fused-ring (bicyclic) bond motifs is 1. The van der Waals surface area contributed by atoms with Crippen LogP contribution in [-0.2, 0) is 0 Å². The molecule has 2 aromatic heterocycles. The third kappa shape index (κ3) is 1.82. The molecule has 0 fully saturated rings. The molecule has 4 nitrogen and oxygen atoms in total. The molecule has 17 heavy (non-hydrogen) atoms. The van der Waals surface area contributed by atoms with Crippen molar-refractivity contribution in [1.29, 1.82) is 0 Å². The second-order valence-electron chi connectivity index (χ2n) is 3.92. The van der Waals surface area contributed by atoms with Crippen LogP contribution in [0, 0.1) is 0 Å². The largest absolute Gasteiger partial charge is 0.377 e. The first-order valence-electron chi connectivity index (χ1n) is 5.11. The first-order chi connectivity index (χ1) is 8.06. The first-order valence-corrected chi connectivity index (χ1v) is 5.93. The Morgan fingerprint density at radius 3 is 2.71 bits per heavy atom. The number of aromatic nitrogens is 1. The van der Waals surface area contributed by atoms with Crippen molar-refractivity contribution in [2.45, 2.75) is 6.92 Å². The second-order valence-corrected chi connectivity index (χ2v) is 4.95. The number of carbonyl (C=O) groups excluding carboxylic acids is 2. The molecule has 0 aliphatic rings. The van der Waals surface area contributed by atoms with Gasteiger partial charge in [-0.3, -0.25) is 9.59 Å². The third-order valence-corrected chi connectivity index (χ3v) is 3.56. The predicted octanol–water partition coefficient (Wildman–Crippen LogP) is 2.38. The van der Waals surface area contributed by atoms with E-state index in [0.717, 1.165) is 22.2 Å². The van der Waals surface area contributed by atoms with Crippen LogP contribution in [0.4, 0.5) is 5.69 Å². The van der Waals surface area contributed by atoms with Gasteiger partial charge in [0.15, 0.2) is 12.1 Å². The van der Waals surface area contributed by atoms with E-state index in [-0.39, 0.29) is 5.78 Å². The smallest absolute Gasteiger partial charge is 0.162 e. The lowest BCUT2D eigenvalue weighted by molar-refractivity contribution is 0.101. The number of rotatable bonds is 3. The van der Waals surface area contributed by atoms with E-state index in [1.54, 1.807) is 6.20 Å². The van der Waals surface area contributed by atoms with Crippen LogP contribution in [0.3, 0.4) is 0 Å². The minimum Gasteiger partial charge on any atom is -0.377 e. The molecule has 0 aromatic carbocycles. The van der Waals surface area contributed by atoms with E-state index in [1.807, 2.05) is 25.1 Å². The Morgan fingerprint density at radius 2 is 2.18 bits per heavy atom. The van der Waals surface area contributed by atoms with Crippen LogP contribution >= 0.6 is 11.3 Å². The monoisotopic (exact) mass is 248 g/mol. The summed E-state index contributed by atoms with van der Waals surface area (Å²) in [5.41, 5.74) is 1.39. The lowest BCUT2D eigenvalue weighted by Crippen LogP contribution is -2.10. The Labute approximate surface area is 103 Å². The molecule has 0 aliphatic carbocycles. The molecule has 2 heterocycles. The number of hydrogen-bond donors (Lipinski definition) is 0. The Bertz CT molecular complexity index is 602. The van der Waals surface area contributed by atoms with Crippen molar-refractivity contribution < 1.29 is 9.59 Å². The maximum atomic E-state index is 11.7. The molecule has 0 aliphatic heterocycles. The van der Waals surface area contributed by atoms with Gasteiger partial charge in [0, 0.05) is 31.4 Å².